The summed E-state index contributed by atoms with van der Waals surface area (Å²) < 4.78 is 5.42. The summed E-state index contributed by atoms with van der Waals surface area (Å²) in [5, 5.41) is 3.09. The molecule has 0 atom stereocenters. The summed E-state index contributed by atoms with van der Waals surface area (Å²) in [6, 6.07) is 0. The number of nitrogens with zero attached hydrogens (tertiary/aromatic N) is 1. The molecule has 0 bridgehead atoms. The Balaban J connectivity index is 2.94. The summed E-state index contributed by atoms with van der Waals surface area (Å²) >= 11 is 0. The van der Waals surface area contributed by atoms with Crippen LogP contribution in [0.25, 0.3) is 0 Å². The Hall–Kier alpha value is -1.36. The summed E-state index contributed by atoms with van der Waals surface area (Å²) in [7, 11) is 2.08. The number of carbonyl (C=O) groups is 2. The van der Waals surface area contributed by atoms with E-state index in [1.807, 2.05) is 0 Å². The lowest BCUT2D eigenvalue weighted by molar-refractivity contribution is -0.163. The molecular formula is C22H40N2O3. The van der Waals surface area contributed by atoms with Gasteiger partial charge in [0.2, 0.25) is 5.91 Å². The number of nitrogens with one attached hydrogen (secondary N) is 1. The molecular weight excluding hydrogens is 340 g/mol. The van der Waals surface area contributed by atoms with Gasteiger partial charge >= 0.3 is 5.97 Å². The maximum Gasteiger partial charge on any atom is 0.332 e. The molecule has 5 nitrogen and oxygen atoms in total. The number of hydrogen-bond donors (Lipinski definition) is 1. The van der Waals surface area contributed by atoms with Crippen molar-refractivity contribution >= 4 is 11.9 Å². The highest BCUT2D eigenvalue weighted by atomic mass is 16.5. The van der Waals surface area contributed by atoms with E-state index in [0.29, 0.717) is 19.3 Å². The van der Waals surface area contributed by atoms with Crippen LogP contribution in [-0.4, -0.2) is 47.0 Å². The van der Waals surface area contributed by atoms with Gasteiger partial charge in [0.15, 0.2) is 0 Å². The maximum atomic E-state index is 13.0. The molecule has 0 spiro atoms. The van der Waals surface area contributed by atoms with Crippen LogP contribution in [-0.2, 0) is 14.3 Å². The summed E-state index contributed by atoms with van der Waals surface area (Å²) in [6.07, 6.45) is 8.51. The lowest BCUT2D eigenvalue weighted by Gasteiger charge is -2.57. The molecule has 156 valence electrons. The second-order valence-corrected chi connectivity index (χ2v) is 9.22. The van der Waals surface area contributed by atoms with Gasteiger partial charge in [-0.05, 0) is 54.0 Å². The van der Waals surface area contributed by atoms with E-state index >= 15 is 0 Å². The van der Waals surface area contributed by atoms with Gasteiger partial charge in [0, 0.05) is 17.5 Å². The smallest absolute Gasteiger partial charge is 0.332 e. The van der Waals surface area contributed by atoms with Crippen molar-refractivity contribution in [2.45, 2.75) is 103 Å². The van der Waals surface area contributed by atoms with Crippen LogP contribution in [0.3, 0.4) is 0 Å². The molecule has 27 heavy (non-hydrogen) atoms. The van der Waals surface area contributed by atoms with Gasteiger partial charge in [0.1, 0.15) is 12.1 Å². The van der Waals surface area contributed by atoms with E-state index < -0.39 is 5.54 Å². The molecule has 1 rings (SSSR count). The quantitative estimate of drug-likeness (QED) is 0.350. The number of carbonyl (C=O) groups excluding carboxylic acids is 2. The Morgan fingerprint density at radius 3 is 2.15 bits per heavy atom. The molecule has 0 saturated carbocycles. The molecule has 0 aromatic heterocycles. The van der Waals surface area contributed by atoms with Gasteiger partial charge in [-0.1, -0.05) is 45.3 Å². The monoisotopic (exact) mass is 380 g/mol. The third-order valence-corrected chi connectivity index (χ3v) is 5.89. The van der Waals surface area contributed by atoms with Gasteiger partial charge in [-0.25, -0.2) is 4.79 Å². The number of ether oxygens (including phenoxy) is 1. The fourth-order valence-electron chi connectivity index (χ4n) is 4.37. The standard InChI is InChI=1S/C22H40N2O3/c1-8-10-11-12-13-14-18(25)23-22(19(26)27-15-9-2)16-20(3,4)24(7)21(5,6)17-22/h9H,2,8,10-17H2,1,3-7H3,(H,23,25). The van der Waals surface area contributed by atoms with E-state index in [0.717, 1.165) is 19.3 Å². The van der Waals surface area contributed by atoms with Gasteiger partial charge in [-0.3, -0.25) is 9.69 Å². The van der Waals surface area contributed by atoms with Crippen LogP contribution in [0.1, 0.15) is 86.0 Å². The highest BCUT2D eigenvalue weighted by Crippen LogP contribution is 2.43. The van der Waals surface area contributed by atoms with Crippen LogP contribution >= 0.6 is 0 Å². The number of esters is 1. The van der Waals surface area contributed by atoms with Crippen molar-refractivity contribution in [3.05, 3.63) is 12.7 Å². The van der Waals surface area contributed by atoms with Crippen molar-refractivity contribution in [2.24, 2.45) is 0 Å². The van der Waals surface area contributed by atoms with E-state index in [-0.39, 0.29) is 29.6 Å². The predicted octanol–water partition coefficient (Wildman–Crippen LogP) is 4.21. The molecule has 0 unspecified atom stereocenters. The first kappa shape index (κ1) is 23.7. The number of unbranched alkanes of at least 4 members (excludes halogenated alkanes) is 4. The Labute approximate surface area is 165 Å². The van der Waals surface area contributed by atoms with Crippen LogP contribution in [0.15, 0.2) is 12.7 Å². The summed E-state index contributed by atoms with van der Waals surface area (Å²) in [4.78, 5) is 28.0. The van der Waals surface area contributed by atoms with Crippen molar-refractivity contribution in [3.63, 3.8) is 0 Å². The lowest BCUT2D eigenvalue weighted by atomic mass is 9.69. The Kier molecular flexibility index (Phi) is 8.52. The lowest BCUT2D eigenvalue weighted by Crippen LogP contribution is -2.71. The van der Waals surface area contributed by atoms with Crippen molar-refractivity contribution in [1.29, 1.82) is 0 Å². The van der Waals surface area contributed by atoms with Crippen LogP contribution < -0.4 is 5.32 Å². The molecule has 1 heterocycles. The molecule has 1 N–H and O–H groups in total. The number of likely N-dealkylation sites (tertiary alicyclic amines) is 1. The van der Waals surface area contributed by atoms with E-state index in [4.69, 9.17) is 4.74 Å². The molecule has 1 aliphatic rings. The Morgan fingerprint density at radius 1 is 1.07 bits per heavy atom. The van der Waals surface area contributed by atoms with Gasteiger partial charge in [-0.2, -0.15) is 0 Å². The van der Waals surface area contributed by atoms with Gasteiger partial charge in [-0.15, -0.1) is 0 Å². The topological polar surface area (TPSA) is 58.6 Å². The SMILES string of the molecule is C=CCOC(=O)C1(NC(=O)CCCCCCC)CC(C)(C)N(C)C(C)(C)C1. The molecule has 1 fully saturated rings. The Bertz CT molecular complexity index is 508. The maximum absolute atomic E-state index is 13.0. The minimum atomic E-state index is -0.997. The van der Waals surface area contributed by atoms with Crippen LogP contribution in [0.5, 0.6) is 0 Å². The normalized spacial score (nSPS) is 20.7. The Morgan fingerprint density at radius 2 is 1.63 bits per heavy atom. The van der Waals surface area contributed by atoms with Crippen molar-refractivity contribution in [2.75, 3.05) is 13.7 Å². The number of piperidine rings is 1. The molecule has 0 radical (unpaired) electrons. The summed E-state index contributed by atoms with van der Waals surface area (Å²) in [5.74, 6) is -0.408. The van der Waals surface area contributed by atoms with Crippen LogP contribution in [0.4, 0.5) is 0 Å². The van der Waals surface area contributed by atoms with Crippen molar-refractivity contribution < 1.29 is 14.3 Å². The molecule has 5 heteroatoms. The highest BCUT2D eigenvalue weighted by Gasteiger charge is 2.56. The second kappa shape index (κ2) is 9.72. The van der Waals surface area contributed by atoms with Crippen molar-refractivity contribution in [1.82, 2.24) is 10.2 Å². The fraction of sp³-hybridized carbons (Fsp3) is 0.818. The minimum Gasteiger partial charge on any atom is -0.460 e. The molecule has 1 amide bonds. The van der Waals surface area contributed by atoms with Crippen LogP contribution in [0, 0.1) is 0 Å². The zero-order chi connectivity index (χ0) is 20.7. The molecule has 0 aliphatic carbocycles. The molecule has 1 saturated heterocycles. The first-order valence-corrected chi connectivity index (χ1v) is 10.3. The number of amides is 1. The molecule has 0 aromatic carbocycles. The van der Waals surface area contributed by atoms with Gasteiger partial charge in [0.25, 0.3) is 0 Å². The van der Waals surface area contributed by atoms with Crippen molar-refractivity contribution in [3.8, 4) is 0 Å². The fourth-order valence-corrected chi connectivity index (χ4v) is 4.37. The molecule has 1 aliphatic heterocycles. The zero-order valence-electron chi connectivity index (χ0n) is 18.3. The van der Waals surface area contributed by atoms with E-state index in [2.05, 4.69) is 58.5 Å². The highest BCUT2D eigenvalue weighted by molar-refractivity contribution is 5.88. The van der Waals surface area contributed by atoms with E-state index in [1.165, 1.54) is 12.8 Å². The average Bonchev–Trinajstić information content (AvgIpc) is 2.56. The largest absolute Gasteiger partial charge is 0.460 e. The summed E-state index contributed by atoms with van der Waals surface area (Å²) in [6.45, 7) is 14.4. The predicted molar refractivity (Wildman–Crippen MR) is 111 cm³/mol. The first-order chi connectivity index (χ1) is 12.5. The van der Waals surface area contributed by atoms with Crippen LogP contribution in [0.2, 0.25) is 0 Å². The van der Waals surface area contributed by atoms with E-state index in [9.17, 15) is 9.59 Å². The van der Waals surface area contributed by atoms with Gasteiger partial charge < -0.3 is 10.1 Å². The summed E-state index contributed by atoms with van der Waals surface area (Å²) in [5.41, 5.74) is -1.49. The number of hydrogen-bond acceptors (Lipinski definition) is 4. The number of rotatable bonds is 10. The minimum absolute atomic E-state index is 0.0572. The third kappa shape index (κ3) is 6.34. The average molecular weight is 381 g/mol. The van der Waals surface area contributed by atoms with Gasteiger partial charge in [0.05, 0.1) is 0 Å². The third-order valence-electron chi connectivity index (χ3n) is 5.89. The molecule has 0 aromatic rings. The second-order valence-electron chi connectivity index (χ2n) is 9.22. The first-order valence-electron chi connectivity index (χ1n) is 10.3. The van der Waals surface area contributed by atoms with E-state index in [1.54, 1.807) is 6.08 Å². The zero-order valence-corrected chi connectivity index (χ0v) is 18.3.